The van der Waals surface area contributed by atoms with Crippen LogP contribution in [0.4, 0.5) is 0 Å². The van der Waals surface area contributed by atoms with Crippen molar-refractivity contribution in [1.82, 2.24) is 4.57 Å². The van der Waals surface area contributed by atoms with Crippen molar-refractivity contribution < 1.29 is 4.74 Å². The Balaban J connectivity index is 1.83. The number of aromatic nitrogens is 1. The summed E-state index contributed by atoms with van der Waals surface area (Å²) < 4.78 is 7.72. The minimum absolute atomic E-state index is 0.914. The number of hydrogen-bond donors (Lipinski definition) is 0. The van der Waals surface area contributed by atoms with E-state index in [0.29, 0.717) is 0 Å². The van der Waals surface area contributed by atoms with Gasteiger partial charge >= 0.3 is 0 Å². The summed E-state index contributed by atoms with van der Waals surface area (Å²) in [6.07, 6.45) is 10.9. The first-order chi connectivity index (χ1) is 11.8. The molecule has 0 bridgehead atoms. The van der Waals surface area contributed by atoms with Crippen molar-refractivity contribution in [2.75, 3.05) is 7.11 Å². The van der Waals surface area contributed by atoms with Crippen LogP contribution in [0.15, 0.2) is 36.4 Å². The van der Waals surface area contributed by atoms with E-state index in [2.05, 4.69) is 42.7 Å². The van der Waals surface area contributed by atoms with E-state index in [1.165, 1.54) is 68.3 Å². The van der Waals surface area contributed by atoms with Gasteiger partial charge in [0.05, 0.1) is 7.11 Å². The van der Waals surface area contributed by atoms with Gasteiger partial charge in [0.2, 0.25) is 0 Å². The van der Waals surface area contributed by atoms with Crippen molar-refractivity contribution in [3.05, 3.63) is 42.1 Å². The number of hydrogen-bond acceptors (Lipinski definition) is 1. The smallest absolute Gasteiger partial charge is 0.118 e. The maximum absolute atomic E-state index is 5.26. The normalized spacial score (nSPS) is 11.0. The second-order valence-electron chi connectivity index (χ2n) is 6.71. The summed E-state index contributed by atoms with van der Waals surface area (Å²) in [5, 5.41) is 0. The Morgan fingerprint density at radius 2 is 1.42 bits per heavy atom. The summed E-state index contributed by atoms with van der Waals surface area (Å²) in [5.41, 5.74) is 3.94. The molecular formula is C22H33NO. The number of ether oxygens (including phenoxy) is 1. The molecule has 0 N–H and O–H groups in total. The van der Waals surface area contributed by atoms with E-state index in [9.17, 15) is 0 Å². The molecule has 2 aromatic rings. The van der Waals surface area contributed by atoms with E-state index in [1.807, 2.05) is 12.1 Å². The number of methoxy groups -OCH3 is 1. The first kappa shape index (κ1) is 18.6. The van der Waals surface area contributed by atoms with Crippen LogP contribution in [0.25, 0.3) is 11.3 Å². The molecule has 0 unspecified atom stereocenters. The lowest BCUT2D eigenvalue weighted by Gasteiger charge is -2.12. The number of benzene rings is 1. The summed E-state index contributed by atoms with van der Waals surface area (Å²) in [6, 6.07) is 12.8. The lowest BCUT2D eigenvalue weighted by Crippen LogP contribution is -2.02. The number of unbranched alkanes of at least 4 members (excludes halogenated alkanes) is 7. The highest BCUT2D eigenvalue weighted by Crippen LogP contribution is 2.25. The summed E-state index contributed by atoms with van der Waals surface area (Å²) in [7, 11) is 1.71. The molecule has 2 heteroatoms. The fraction of sp³-hybridized carbons (Fsp3) is 0.545. The van der Waals surface area contributed by atoms with Crippen molar-refractivity contribution in [2.24, 2.45) is 0 Å². The van der Waals surface area contributed by atoms with Crippen LogP contribution in [0.5, 0.6) is 5.75 Å². The molecule has 24 heavy (non-hydrogen) atoms. The molecule has 0 radical (unpaired) electrons. The summed E-state index contributed by atoms with van der Waals surface area (Å²) in [5.74, 6) is 0.914. The van der Waals surface area contributed by atoms with Gasteiger partial charge in [-0.1, -0.05) is 51.9 Å². The molecule has 132 valence electrons. The fourth-order valence-corrected chi connectivity index (χ4v) is 3.28. The first-order valence-electron chi connectivity index (χ1n) is 9.56. The van der Waals surface area contributed by atoms with Crippen LogP contribution < -0.4 is 4.74 Å². The monoisotopic (exact) mass is 327 g/mol. The molecule has 0 atom stereocenters. The lowest BCUT2D eigenvalue weighted by atomic mass is 10.1. The van der Waals surface area contributed by atoms with Crippen molar-refractivity contribution in [2.45, 2.75) is 71.8 Å². The van der Waals surface area contributed by atoms with Gasteiger partial charge in [0, 0.05) is 17.9 Å². The van der Waals surface area contributed by atoms with Crippen molar-refractivity contribution in [3.8, 4) is 17.0 Å². The standard InChI is InChI=1S/C22H33NO/c1-4-5-6-7-8-9-10-11-18-23-19(2)12-17-22(23)20-13-15-21(24-3)16-14-20/h12-17H,4-11,18H2,1-3H3. The Labute approximate surface area is 147 Å². The number of rotatable bonds is 11. The minimum Gasteiger partial charge on any atom is -0.497 e. The van der Waals surface area contributed by atoms with Gasteiger partial charge in [-0.15, -0.1) is 0 Å². The molecule has 0 saturated carbocycles. The summed E-state index contributed by atoms with van der Waals surface area (Å²) in [4.78, 5) is 0. The topological polar surface area (TPSA) is 14.2 Å². The predicted molar refractivity (Wildman–Crippen MR) is 104 cm³/mol. The molecular weight excluding hydrogens is 294 g/mol. The molecule has 0 spiro atoms. The molecule has 1 aromatic heterocycles. The Hall–Kier alpha value is -1.70. The Bertz CT molecular complexity index is 583. The Kier molecular flexibility index (Phi) is 7.94. The Morgan fingerprint density at radius 3 is 2.04 bits per heavy atom. The summed E-state index contributed by atoms with van der Waals surface area (Å²) >= 11 is 0. The van der Waals surface area contributed by atoms with Crippen molar-refractivity contribution in [1.29, 1.82) is 0 Å². The van der Waals surface area contributed by atoms with E-state index in [4.69, 9.17) is 4.74 Å². The van der Waals surface area contributed by atoms with Crippen LogP contribution >= 0.6 is 0 Å². The van der Waals surface area contributed by atoms with Crippen LogP contribution in [-0.2, 0) is 6.54 Å². The lowest BCUT2D eigenvalue weighted by molar-refractivity contribution is 0.415. The van der Waals surface area contributed by atoms with Gasteiger partial charge in [-0.05, 0) is 55.3 Å². The van der Waals surface area contributed by atoms with Gasteiger partial charge in [-0.25, -0.2) is 0 Å². The third-order valence-electron chi connectivity index (χ3n) is 4.82. The maximum atomic E-state index is 5.26. The van der Waals surface area contributed by atoms with Gasteiger partial charge in [0.15, 0.2) is 0 Å². The fourth-order valence-electron chi connectivity index (χ4n) is 3.28. The van der Waals surface area contributed by atoms with E-state index in [1.54, 1.807) is 7.11 Å². The summed E-state index contributed by atoms with van der Waals surface area (Å²) in [6.45, 7) is 5.60. The van der Waals surface area contributed by atoms with Crippen LogP contribution in [-0.4, -0.2) is 11.7 Å². The molecule has 0 amide bonds. The average Bonchev–Trinajstić information content (AvgIpc) is 2.98. The molecule has 1 aromatic carbocycles. The first-order valence-corrected chi connectivity index (χ1v) is 9.56. The molecule has 0 aliphatic heterocycles. The third-order valence-corrected chi connectivity index (χ3v) is 4.82. The Morgan fingerprint density at radius 1 is 0.792 bits per heavy atom. The molecule has 2 nitrogen and oxygen atoms in total. The predicted octanol–water partition coefficient (Wildman–Crippen LogP) is 6.61. The highest BCUT2D eigenvalue weighted by Gasteiger charge is 2.07. The highest BCUT2D eigenvalue weighted by atomic mass is 16.5. The van der Waals surface area contributed by atoms with E-state index in [0.717, 1.165) is 12.3 Å². The molecule has 2 rings (SSSR count). The average molecular weight is 328 g/mol. The van der Waals surface area contributed by atoms with Crippen LogP contribution in [0.3, 0.4) is 0 Å². The van der Waals surface area contributed by atoms with Gasteiger partial charge in [-0.2, -0.15) is 0 Å². The molecule has 0 saturated heterocycles. The maximum Gasteiger partial charge on any atom is 0.118 e. The van der Waals surface area contributed by atoms with Crippen molar-refractivity contribution >= 4 is 0 Å². The third kappa shape index (κ3) is 5.43. The van der Waals surface area contributed by atoms with Crippen LogP contribution in [0, 0.1) is 6.92 Å². The van der Waals surface area contributed by atoms with Gasteiger partial charge in [0.25, 0.3) is 0 Å². The van der Waals surface area contributed by atoms with Gasteiger partial charge in [-0.3, -0.25) is 0 Å². The number of nitrogens with zero attached hydrogens (tertiary/aromatic N) is 1. The van der Waals surface area contributed by atoms with Crippen LogP contribution in [0.2, 0.25) is 0 Å². The van der Waals surface area contributed by atoms with Gasteiger partial charge in [0.1, 0.15) is 5.75 Å². The van der Waals surface area contributed by atoms with E-state index >= 15 is 0 Å². The minimum atomic E-state index is 0.914. The van der Waals surface area contributed by atoms with E-state index < -0.39 is 0 Å². The zero-order valence-electron chi connectivity index (χ0n) is 15.7. The van der Waals surface area contributed by atoms with Crippen molar-refractivity contribution in [3.63, 3.8) is 0 Å². The second-order valence-corrected chi connectivity index (χ2v) is 6.71. The van der Waals surface area contributed by atoms with Crippen LogP contribution in [0.1, 0.15) is 64.0 Å². The van der Waals surface area contributed by atoms with Gasteiger partial charge < -0.3 is 9.30 Å². The quantitative estimate of drug-likeness (QED) is 0.423. The van der Waals surface area contributed by atoms with E-state index in [-0.39, 0.29) is 0 Å². The molecule has 0 aliphatic rings. The largest absolute Gasteiger partial charge is 0.497 e. The second kappa shape index (κ2) is 10.2. The zero-order valence-corrected chi connectivity index (χ0v) is 15.7. The molecule has 0 fully saturated rings. The highest BCUT2D eigenvalue weighted by molar-refractivity contribution is 5.61. The molecule has 0 aliphatic carbocycles. The molecule has 1 heterocycles. The SMILES string of the molecule is CCCCCCCCCCn1c(C)ccc1-c1ccc(OC)cc1. The zero-order chi connectivity index (χ0) is 17.2. The number of aryl methyl sites for hydroxylation is 1.